The summed E-state index contributed by atoms with van der Waals surface area (Å²) in [6.07, 6.45) is 0.191. The van der Waals surface area contributed by atoms with Crippen LogP contribution >= 0.6 is 0 Å². The minimum Gasteiger partial charge on any atom is -0.493 e. The highest BCUT2D eigenvalue weighted by Gasteiger charge is 2.30. The van der Waals surface area contributed by atoms with Crippen molar-refractivity contribution in [2.24, 2.45) is 0 Å². The number of urea groups is 1. The number of nitrogens with two attached hydrogens (primary N) is 1. The van der Waals surface area contributed by atoms with Crippen molar-refractivity contribution in [3.63, 3.8) is 0 Å². The van der Waals surface area contributed by atoms with Crippen LogP contribution in [0.15, 0.2) is 36.4 Å². The van der Waals surface area contributed by atoms with E-state index < -0.39 is 18.0 Å². The summed E-state index contributed by atoms with van der Waals surface area (Å²) >= 11 is 0. The number of imide groups is 1. The Hall–Kier alpha value is -3.55. The number of benzene rings is 2. The Morgan fingerprint density at radius 2 is 1.70 bits per heavy atom. The van der Waals surface area contributed by atoms with Gasteiger partial charge in [0.2, 0.25) is 0 Å². The predicted octanol–water partition coefficient (Wildman–Crippen LogP) is 1.27. The van der Waals surface area contributed by atoms with Gasteiger partial charge in [0.15, 0.2) is 17.3 Å². The lowest BCUT2D eigenvalue weighted by atomic mass is 9.97. The van der Waals surface area contributed by atoms with Crippen molar-refractivity contribution in [1.82, 2.24) is 10.6 Å². The highest BCUT2D eigenvalue weighted by atomic mass is 16.5. The van der Waals surface area contributed by atoms with Crippen LogP contribution in [0.4, 0.5) is 10.5 Å². The molecule has 2 aromatic carbocycles. The van der Waals surface area contributed by atoms with Crippen LogP contribution in [0.5, 0.6) is 11.5 Å². The number of methoxy groups -OCH3 is 2. The lowest BCUT2D eigenvalue weighted by Crippen LogP contribution is -2.31. The van der Waals surface area contributed by atoms with Gasteiger partial charge >= 0.3 is 6.03 Å². The number of amides is 3. The van der Waals surface area contributed by atoms with Crippen LogP contribution in [0.2, 0.25) is 0 Å². The Balaban J connectivity index is 1.88. The summed E-state index contributed by atoms with van der Waals surface area (Å²) in [5.74, 6) is 0.326. The number of hydrogen-bond donors (Lipinski definition) is 3. The number of rotatable bonds is 6. The molecule has 2 aromatic rings. The van der Waals surface area contributed by atoms with Gasteiger partial charge in [-0.2, -0.15) is 0 Å². The fraction of sp³-hybridized carbons (Fsp3) is 0.211. The fourth-order valence-electron chi connectivity index (χ4n) is 2.89. The lowest BCUT2D eigenvalue weighted by Gasteiger charge is -2.12. The molecule has 0 saturated carbocycles. The van der Waals surface area contributed by atoms with Gasteiger partial charge in [-0.25, -0.2) is 4.79 Å². The zero-order valence-electron chi connectivity index (χ0n) is 14.9. The third-order valence-corrected chi connectivity index (χ3v) is 4.33. The summed E-state index contributed by atoms with van der Waals surface area (Å²) in [7, 11) is 3.01. The third kappa shape index (κ3) is 3.69. The fourth-order valence-corrected chi connectivity index (χ4v) is 2.89. The molecule has 1 saturated heterocycles. The molecule has 8 heteroatoms. The maximum atomic E-state index is 12.8. The van der Waals surface area contributed by atoms with Crippen LogP contribution in [0.25, 0.3) is 0 Å². The van der Waals surface area contributed by atoms with Crippen LogP contribution in [0.1, 0.15) is 21.5 Å². The number of anilines is 1. The number of ketones is 1. The maximum absolute atomic E-state index is 12.8. The van der Waals surface area contributed by atoms with E-state index in [0.717, 1.165) is 0 Å². The van der Waals surface area contributed by atoms with E-state index in [1.165, 1.54) is 14.2 Å². The molecule has 3 amide bonds. The first-order chi connectivity index (χ1) is 12.9. The maximum Gasteiger partial charge on any atom is 0.322 e. The van der Waals surface area contributed by atoms with E-state index in [0.29, 0.717) is 33.9 Å². The summed E-state index contributed by atoms with van der Waals surface area (Å²) < 4.78 is 10.4. The zero-order valence-corrected chi connectivity index (χ0v) is 14.9. The van der Waals surface area contributed by atoms with Crippen molar-refractivity contribution in [3.8, 4) is 11.5 Å². The van der Waals surface area contributed by atoms with Crippen molar-refractivity contribution in [2.75, 3.05) is 20.0 Å². The van der Waals surface area contributed by atoms with E-state index in [9.17, 15) is 14.4 Å². The zero-order chi connectivity index (χ0) is 19.6. The first-order valence-electron chi connectivity index (χ1n) is 8.19. The molecule has 0 aromatic heterocycles. The lowest BCUT2D eigenvalue weighted by molar-refractivity contribution is -0.120. The summed E-state index contributed by atoms with van der Waals surface area (Å²) in [4.78, 5) is 35.8. The Bertz CT molecular complexity index is 926. The molecule has 0 radical (unpaired) electrons. The first-order valence-corrected chi connectivity index (χ1v) is 8.19. The second kappa shape index (κ2) is 7.36. The van der Waals surface area contributed by atoms with E-state index >= 15 is 0 Å². The number of nitrogen functional groups attached to an aromatic ring is 1. The van der Waals surface area contributed by atoms with Crippen LogP contribution in [-0.4, -0.2) is 38.0 Å². The summed E-state index contributed by atoms with van der Waals surface area (Å²) in [5.41, 5.74) is 7.86. The molecule has 27 heavy (non-hydrogen) atoms. The summed E-state index contributed by atoms with van der Waals surface area (Å²) in [6, 6.07) is 8.50. The Morgan fingerprint density at radius 1 is 1.04 bits per heavy atom. The van der Waals surface area contributed by atoms with Crippen molar-refractivity contribution < 1.29 is 23.9 Å². The Labute approximate surface area is 155 Å². The second-order valence-corrected chi connectivity index (χ2v) is 6.03. The molecular formula is C19H19N3O5. The quantitative estimate of drug-likeness (QED) is 0.401. The van der Waals surface area contributed by atoms with Gasteiger partial charge in [-0.3, -0.25) is 14.9 Å². The Morgan fingerprint density at radius 3 is 2.33 bits per heavy atom. The van der Waals surface area contributed by atoms with Gasteiger partial charge in [0.1, 0.15) is 6.04 Å². The standard InChI is InChI=1S/C19H19N3O5/c1-26-15-6-4-11(9-16(15)27-2)17(23)10-3-5-13(20)12(7-10)8-14-18(24)22-19(25)21-14/h3-7,9,14H,8,20H2,1-2H3,(H2,21,22,24,25). The van der Waals surface area contributed by atoms with Crippen molar-refractivity contribution in [2.45, 2.75) is 12.5 Å². The SMILES string of the molecule is COc1ccc(C(=O)c2ccc(N)c(CC3NC(=O)NC3=O)c2)cc1OC. The van der Waals surface area contributed by atoms with Crippen LogP contribution in [0, 0.1) is 0 Å². The minimum absolute atomic E-state index is 0.191. The van der Waals surface area contributed by atoms with Gasteiger partial charge in [0, 0.05) is 23.2 Å². The topological polar surface area (TPSA) is 120 Å². The molecule has 1 aliphatic heterocycles. The summed E-state index contributed by atoms with van der Waals surface area (Å²) in [6.45, 7) is 0. The molecule has 8 nitrogen and oxygen atoms in total. The normalized spacial score (nSPS) is 15.9. The van der Waals surface area contributed by atoms with E-state index in [1.807, 2.05) is 0 Å². The first kappa shape index (κ1) is 18.2. The predicted molar refractivity (Wildman–Crippen MR) is 98.0 cm³/mol. The molecule has 4 N–H and O–H groups in total. The number of hydrogen-bond acceptors (Lipinski definition) is 6. The molecule has 3 rings (SSSR count). The Kier molecular flexibility index (Phi) is 4.98. The molecular weight excluding hydrogens is 350 g/mol. The van der Waals surface area contributed by atoms with Gasteiger partial charge in [-0.15, -0.1) is 0 Å². The van der Waals surface area contributed by atoms with E-state index in [-0.39, 0.29) is 12.2 Å². The molecule has 1 aliphatic rings. The molecule has 1 heterocycles. The number of ether oxygens (including phenoxy) is 2. The molecule has 0 aliphatic carbocycles. The van der Waals surface area contributed by atoms with Crippen molar-refractivity contribution in [3.05, 3.63) is 53.1 Å². The minimum atomic E-state index is -0.716. The number of carbonyl (C=O) groups is 3. The average Bonchev–Trinajstić information content (AvgIpc) is 2.99. The van der Waals surface area contributed by atoms with E-state index in [1.54, 1.807) is 36.4 Å². The highest BCUT2D eigenvalue weighted by Crippen LogP contribution is 2.29. The van der Waals surface area contributed by atoms with Crippen LogP contribution < -0.4 is 25.8 Å². The van der Waals surface area contributed by atoms with Gasteiger partial charge < -0.3 is 20.5 Å². The number of nitrogens with one attached hydrogen (secondary N) is 2. The average molecular weight is 369 g/mol. The van der Waals surface area contributed by atoms with Crippen molar-refractivity contribution in [1.29, 1.82) is 0 Å². The van der Waals surface area contributed by atoms with Crippen LogP contribution in [-0.2, 0) is 11.2 Å². The summed E-state index contributed by atoms with van der Waals surface area (Å²) in [5, 5.41) is 4.69. The number of carbonyl (C=O) groups excluding carboxylic acids is 3. The van der Waals surface area contributed by atoms with E-state index in [4.69, 9.17) is 15.2 Å². The van der Waals surface area contributed by atoms with Crippen LogP contribution in [0.3, 0.4) is 0 Å². The molecule has 1 atom stereocenters. The molecule has 1 unspecified atom stereocenters. The van der Waals surface area contributed by atoms with Gasteiger partial charge in [-0.1, -0.05) is 0 Å². The van der Waals surface area contributed by atoms with Gasteiger partial charge in [-0.05, 0) is 42.0 Å². The largest absolute Gasteiger partial charge is 0.493 e. The molecule has 140 valence electrons. The molecule has 0 bridgehead atoms. The second-order valence-electron chi connectivity index (χ2n) is 6.03. The van der Waals surface area contributed by atoms with Gasteiger partial charge in [0.05, 0.1) is 14.2 Å². The smallest absolute Gasteiger partial charge is 0.322 e. The monoisotopic (exact) mass is 369 g/mol. The van der Waals surface area contributed by atoms with Gasteiger partial charge in [0.25, 0.3) is 5.91 Å². The third-order valence-electron chi connectivity index (χ3n) is 4.33. The highest BCUT2D eigenvalue weighted by molar-refractivity contribution is 6.09. The van der Waals surface area contributed by atoms with E-state index in [2.05, 4.69) is 10.6 Å². The molecule has 1 fully saturated rings. The molecule has 0 spiro atoms. The van der Waals surface area contributed by atoms with Crippen molar-refractivity contribution >= 4 is 23.4 Å².